The van der Waals surface area contributed by atoms with Gasteiger partial charge >= 0.3 is 6.09 Å². The quantitative estimate of drug-likeness (QED) is 0.530. The van der Waals surface area contributed by atoms with Crippen molar-refractivity contribution in [3.63, 3.8) is 0 Å². The Bertz CT molecular complexity index is 1100. The standard InChI is InChI=1S/C25H33N5O3.2ClH/c1-17-28(12-13-30(17)16-33-25(32)29-11-5-6-19(26)15-29)14-18-9-10-22-23(24(18)31)20-7-3-4-8-21(20)27(22)2;;/h3-4,7-8,12-13,17-19H,5-6,9-11,14-16,26H2,1-2H3;2*1H/t17?,18?,19-;;/m1../s1. The van der Waals surface area contributed by atoms with Gasteiger partial charge in [0.15, 0.2) is 18.7 Å². The number of amides is 1. The predicted octanol–water partition coefficient (Wildman–Crippen LogP) is -1.12. The zero-order chi connectivity index (χ0) is 23.1. The number of halogens is 2. The van der Waals surface area contributed by atoms with E-state index in [2.05, 4.69) is 36.9 Å². The Balaban J connectivity index is 0.00000171. The number of nitrogens with two attached hydrogens (primary N) is 1. The van der Waals surface area contributed by atoms with Gasteiger partial charge in [0.05, 0.1) is 18.7 Å². The van der Waals surface area contributed by atoms with Crippen LogP contribution in [-0.4, -0.2) is 64.8 Å². The number of carbonyl (C=O) groups is 2. The number of nitrogens with zero attached hydrogens (tertiary/aromatic N) is 3. The monoisotopic (exact) mass is 523 g/mol. The summed E-state index contributed by atoms with van der Waals surface area (Å²) in [6.45, 7) is 4.32. The van der Waals surface area contributed by atoms with Crippen LogP contribution in [0.5, 0.6) is 0 Å². The van der Waals surface area contributed by atoms with Gasteiger partial charge in [0.2, 0.25) is 0 Å². The summed E-state index contributed by atoms with van der Waals surface area (Å²) in [5.74, 6) is 0.246. The Morgan fingerprint density at radius 3 is 2.80 bits per heavy atom. The molecule has 35 heavy (non-hydrogen) atoms. The Kier molecular flexibility index (Phi) is 8.75. The second kappa shape index (κ2) is 11.2. The molecule has 3 N–H and O–H groups in total. The van der Waals surface area contributed by atoms with Crippen LogP contribution in [0.15, 0.2) is 36.7 Å². The lowest BCUT2D eigenvalue weighted by molar-refractivity contribution is -0.878. The first kappa shape index (κ1) is 27.3. The van der Waals surface area contributed by atoms with Gasteiger partial charge in [-0.25, -0.2) is 4.79 Å². The maximum absolute atomic E-state index is 13.5. The van der Waals surface area contributed by atoms with Crippen LogP contribution in [0.2, 0.25) is 0 Å². The minimum Gasteiger partial charge on any atom is -1.00 e. The number of benzene rings is 1. The molecule has 2 aromatic rings. The summed E-state index contributed by atoms with van der Waals surface area (Å²) in [7, 11) is 2.06. The molecule has 1 saturated heterocycles. The summed E-state index contributed by atoms with van der Waals surface area (Å²) in [4.78, 5) is 30.8. The molecular formula is C25H35Cl2N5O3. The average Bonchev–Trinajstić information content (AvgIpc) is 3.31. The largest absolute Gasteiger partial charge is 1.00 e. The lowest BCUT2D eigenvalue weighted by atomic mass is 9.84. The van der Waals surface area contributed by atoms with Crippen LogP contribution < -0.4 is 23.0 Å². The number of fused-ring (bicyclic) bond motifs is 3. The summed E-state index contributed by atoms with van der Waals surface area (Å²) in [6.07, 6.45) is 7.52. The fourth-order valence-corrected chi connectivity index (χ4v) is 5.60. The molecule has 4 atom stereocenters. The number of ether oxygens (including phenoxy) is 1. The van der Waals surface area contributed by atoms with Gasteiger partial charge in [-0.1, -0.05) is 18.2 Å². The normalized spacial score (nSPS) is 25.7. The van der Waals surface area contributed by atoms with Crippen molar-refractivity contribution in [2.75, 3.05) is 26.4 Å². The summed E-state index contributed by atoms with van der Waals surface area (Å²) < 4.78 is 7.74. The second-order valence-corrected chi connectivity index (χ2v) is 9.67. The van der Waals surface area contributed by atoms with Gasteiger partial charge in [0, 0.05) is 55.3 Å². The number of quaternary nitrogens is 1. The van der Waals surface area contributed by atoms with E-state index in [4.69, 9.17) is 10.5 Å². The van der Waals surface area contributed by atoms with Crippen LogP contribution in [0, 0.1) is 5.92 Å². The number of rotatable bonds is 4. The first-order valence-electron chi connectivity index (χ1n) is 12.0. The maximum atomic E-state index is 13.5. The number of piperidine rings is 1. The molecule has 0 radical (unpaired) electrons. The number of carbonyl (C=O) groups excluding carboxylic acids is 2. The van der Waals surface area contributed by atoms with Crippen LogP contribution in [0.25, 0.3) is 10.9 Å². The number of hydrogen-bond acceptors (Lipinski definition) is 5. The van der Waals surface area contributed by atoms with E-state index in [1.807, 2.05) is 23.2 Å². The van der Waals surface area contributed by atoms with Crippen molar-refractivity contribution in [2.45, 2.75) is 44.8 Å². The van der Waals surface area contributed by atoms with Crippen molar-refractivity contribution in [1.82, 2.24) is 14.4 Å². The number of aryl methyl sites for hydroxylation is 1. The Morgan fingerprint density at radius 2 is 2.03 bits per heavy atom. The SMILES string of the molecule is CC1N(COC(=O)N2CCC[C@@H](N)C2)C=C[NH+]1CC1CCc2c(c3ccccc3n2C)C1=O.Cl.[Cl-]. The number of hydrogen-bond donors (Lipinski definition) is 2. The first-order chi connectivity index (χ1) is 15.9. The fourth-order valence-electron chi connectivity index (χ4n) is 5.60. The molecule has 192 valence electrons. The molecule has 2 aliphatic heterocycles. The highest BCUT2D eigenvalue weighted by Gasteiger charge is 2.37. The summed E-state index contributed by atoms with van der Waals surface area (Å²) >= 11 is 0. The first-order valence-corrected chi connectivity index (χ1v) is 12.0. The van der Waals surface area contributed by atoms with Crippen LogP contribution >= 0.6 is 12.4 Å². The maximum Gasteiger partial charge on any atom is 0.411 e. The molecule has 1 aliphatic carbocycles. The molecule has 3 unspecified atom stereocenters. The van der Waals surface area contributed by atoms with E-state index in [1.54, 1.807) is 4.90 Å². The molecule has 0 saturated carbocycles. The van der Waals surface area contributed by atoms with Gasteiger partial charge in [-0.05, 0) is 31.7 Å². The molecule has 5 rings (SSSR count). The molecular weight excluding hydrogens is 489 g/mol. The van der Waals surface area contributed by atoms with Crippen molar-refractivity contribution in [2.24, 2.45) is 18.7 Å². The van der Waals surface area contributed by atoms with Crippen LogP contribution in [-0.2, 0) is 18.2 Å². The van der Waals surface area contributed by atoms with E-state index in [0.717, 1.165) is 54.4 Å². The fraction of sp³-hybridized carbons (Fsp3) is 0.520. The molecule has 1 fully saturated rings. The van der Waals surface area contributed by atoms with E-state index < -0.39 is 0 Å². The van der Waals surface area contributed by atoms with Crippen LogP contribution in [0.3, 0.4) is 0 Å². The van der Waals surface area contributed by atoms with Crippen molar-refractivity contribution in [3.8, 4) is 0 Å². The van der Waals surface area contributed by atoms with Gasteiger partial charge < -0.3 is 32.3 Å². The Labute approximate surface area is 218 Å². The molecule has 1 amide bonds. The Morgan fingerprint density at radius 1 is 1.26 bits per heavy atom. The number of likely N-dealkylation sites (tertiary alicyclic amines) is 1. The summed E-state index contributed by atoms with van der Waals surface area (Å²) in [5, 5.41) is 1.07. The molecule has 3 aliphatic rings. The van der Waals surface area contributed by atoms with E-state index in [-0.39, 0.29) is 61.5 Å². The van der Waals surface area contributed by atoms with Gasteiger partial charge in [-0.15, -0.1) is 12.4 Å². The van der Waals surface area contributed by atoms with Crippen molar-refractivity contribution in [1.29, 1.82) is 0 Å². The van der Waals surface area contributed by atoms with Crippen molar-refractivity contribution < 1.29 is 31.6 Å². The zero-order valence-corrected chi connectivity index (χ0v) is 21.9. The molecule has 0 spiro atoms. The van der Waals surface area contributed by atoms with Gasteiger partial charge in [-0.3, -0.25) is 14.6 Å². The van der Waals surface area contributed by atoms with Crippen LogP contribution in [0.4, 0.5) is 4.79 Å². The minimum atomic E-state index is -0.301. The highest BCUT2D eigenvalue weighted by molar-refractivity contribution is 6.11. The molecule has 1 aromatic carbocycles. The molecule has 8 nitrogen and oxygen atoms in total. The van der Waals surface area contributed by atoms with Gasteiger partial charge in [0.25, 0.3) is 0 Å². The van der Waals surface area contributed by atoms with E-state index in [1.165, 1.54) is 4.90 Å². The third-order valence-corrected chi connectivity index (χ3v) is 7.62. The topological polar surface area (TPSA) is 85.2 Å². The number of nitrogens with one attached hydrogen (secondary N) is 1. The zero-order valence-electron chi connectivity index (χ0n) is 20.3. The highest BCUT2D eigenvalue weighted by Crippen LogP contribution is 2.33. The highest BCUT2D eigenvalue weighted by atomic mass is 35.5. The van der Waals surface area contributed by atoms with Gasteiger partial charge in [-0.2, -0.15) is 0 Å². The number of Topliss-reactive ketones (excluding diaryl/α,β-unsaturated/α-hetero) is 1. The lowest BCUT2D eigenvalue weighted by Crippen LogP contribution is -3.11. The molecule has 0 bridgehead atoms. The molecule has 3 heterocycles. The van der Waals surface area contributed by atoms with Crippen LogP contribution in [0.1, 0.15) is 42.2 Å². The predicted molar refractivity (Wildman–Crippen MR) is 133 cm³/mol. The average molecular weight is 524 g/mol. The van der Waals surface area contributed by atoms with Crippen molar-refractivity contribution >= 4 is 35.2 Å². The second-order valence-electron chi connectivity index (χ2n) is 9.67. The summed E-state index contributed by atoms with van der Waals surface area (Å²) in [5.41, 5.74) is 9.17. The van der Waals surface area contributed by atoms with Crippen molar-refractivity contribution in [3.05, 3.63) is 47.9 Å². The number of para-hydroxylation sites is 1. The summed E-state index contributed by atoms with van der Waals surface area (Å²) in [6, 6.07) is 8.21. The molecule has 1 aromatic heterocycles. The Hall–Kier alpha value is -2.26. The third kappa shape index (κ3) is 5.16. The molecule has 10 heteroatoms. The van der Waals surface area contributed by atoms with E-state index in [9.17, 15) is 9.59 Å². The smallest absolute Gasteiger partial charge is 0.411 e. The lowest BCUT2D eigenvalue weighted by Gasteiger charge is -2.31. The third-order valence-electron chi connectivity index (χ3n) is 7.62. The number of aromatic nitrogens is 1. The van der Waals surface area contributed by atoms with E-state index >= 15 is 0 Å². The van der Waals surface area contributed by atoms with Gasteiger partial charge in [0.1, 0.15) is 6.20 Å². The number of ketones is 1. The van der Waals surface area contributed by atoms with E-state index in [0.29, 0.717) is 13.1 Å². The minimum absolute atomic E-state index is 0.